The molecule has 6 heteroatoms. The molecular weight excluding hydrogens is 246 g/mol. The number of carbonyl (C=O) groups is 3. The van der Waals surface area contributed by atoms with E-state index in [1.54, 1.807) is 24.3 Å². The summed E-state index contributed by atoms with van der Waals surface area (Å²) < 4.78 is 0. The molecule has 0 N–H and O–H groups in total. The van der Waals surface area contributed by atoms with Gasteiger partial charge in [-0.1, -0.05) is 18.2 Å². The number of hydrogen-bond donors (Lipinski definition) is 0. The highest BCUT2D eigenvalue weighted by molar-refractivity contribution is 6.14. The van der Waals surface area contributed by atoms with Crippen molar-refractivity contribution in [2.75, 3.05) is 11.4 Å². The van der Waals surface area contributed by atoms with E-state index in [0.29, 0.717) is 25.1 Å². The molecule has 19 heavy (non-hydrogen) atoms. The van der Waals surface area contributed by atoms with Crippen molar-refractivity contribution in [2.24, 2.45) is 0 Å². The fourth-order valence-electron chi connectivity index (χ4n) is 2.46. The number of carbonyl (C=O) groups excluding carboxylic acids is 3. The Morgan fingerprint density at radius 1 is 1.11 bits per heavy atom. The van der Waals surface area contributed by atoms with E-state index in [9.17, 15) is 14.4 Å². The van der Waals surface area contributed by atoms with E-state index < -0.39 is 18.1 Å². The van der Waals surface area contributed by atoms with Gasteiger partial charge in [-0.15, -0.1) is 0 Å². The molecule has 2 heterocycles. The highest BCUT2D eigenvalue weighted by Crippen LogP contribution is 2.26. The minimum atomic E-state index is -0.912. The Kier molecular flexibility index (Phi) is 2.70. The Balaban J connectivity index is 1.98. The van der Waals surface area contributed by atoms with E-state index >= 15 is 0 Å². The standard InChI is InChI=1S/C13H12N3O3/c17-10-7-4-8-15(10)12-11(18)14-13(19)16(12)9-5-2-1-3-6-9/h1-3,5-6,12H,4,7-8H2. The summed E-state index contributed by atoms with van der Waals surface area (Å²) >= 11 is 0. The summed E-state index contributed by atoms with van der Waals surface area (Å²) in [6.07, 6.45) is 0.213. The second-order valence-electron chi connectivity index (χ2n) is 4.50. The number of anilines is 1. The zero-order chi connectivity index (χ0) is 13.4. The molecule has 1 atom stereocenters. The van der Waals surface area contributed by atoms with E-state index in [1.807, 2.05) is 6.07 Å². The summed E-state index contributed by atoms with van der Waals surface area (Å²) in [5.41, 5.74) is 0.576. The third-order valence-corrected chi connectivity index (χ3v) is 3.32. The van der Waals surface area contributed by atoms with Gasteiger partial charge >= 0.3 is 6.03 Å². The first-order chi connectivity index (χ1) is 9.18. The van der Waals surface area contributed by atoms with Crippen LogP contribution in [0.2, 0.25) is 0 Å². The van der Waals surface area contributed by atoms with E-state index in [2.05, 4.69) is 5.32 Å². The fraction of sp³-hybridized carbons (Fsp3) is 0.308. The normalized spacial score (nSPS) is 23.2. The lowest BCUT2D eigenvalue weighted by atomic mass is 10.2. The molecule has 97 valence electrons. The minimum absolute atomic E-state index is 0.107. The highest BCUT2D eigenvalue weighted by atomic mass is 16.2. The monoisotopic (exact) mass is 258 g/mol. The van der Waals surface area contributed by atoms with Crippen LogP contribution in [-0.2, 0) is 9.59 Å². The molecule has 2 saturated heterocycles. The van der Waals surface area contributed by atoms with Crippen molar-refractivity contribution in [1.29, 1.82) is 0 Å². The number of nitrogens with zero attached hydrogens (tertiary/aromatic N) is 3. The Morgan fingerprint density at radius 3 is 2.47 bits per heavy atom. The smallest absolute Gasteiger partial charge is 0.313 e. The SMILES string of the molecule is O=C1[N]C(=O)N(c2ccccc2)C1N1CCCC1=O. The predicted octanol–water partition coefficient (Wildman–Crippen LogP) is 0.706. The molecule has 0 saturated carbocycles. The number of imide groups is 1. The molecule has 1 radical (unpaired) electrons. The summed E-state index contributed by atoms with van der Waals surface area (Å²) in [5, 5.41) is 3.46. The Labute approximate surface area is 110 Å². The molecule has 0 aliphatic carbocycles. The van der Waals surface area contributed by atoms with E-state index in [0.717, 1.165) is 0 Å². The summed E-state index contributed by atoms with van der Waals surface area (Å²) in [4.78, 5) is 38.2. The third kappa shape index (κ3) is 1.85. The number of para-hydroxylation sites is 1. The van der Waals surface area contributed by atoms with Crippen molar-refractivity contribution in [3.8, 4) is 0 Å². The van der Waals surface area contributed by atoms with Crippen LogP contribution >= 0.6 is 0 Å². The van der Waals surface area contributed by atoms with Gasteiger partial charge in [0.05, 0.1) is 0 Å². The van der Waals surface area contributed by atoms with Crippen molar-refractivity contribution in [2.45, 2.75) is 19.0 Å². The van der Waals surface area contributed by atoms with Gasteiger partial charge in [-0.05, 0) is 18.6 Å². The molecule has 1 aromatic carbocycles. The summed E-state index contributed by atoms with van der Waals surface area (Å²) in [7, 11) is 0. The van der Waals surface area contributed by atoms with Gasteiger partial charge in [0.2, 0.25) is 5.91 Å². The summed E-state index contributed by atoms with van der Waals surface area (Å²) in [6.45, 7) is 0.487. The van der Waals surface area contributed by atoms with E-state index in [1.165, 1.54) is 9.80 Å². The lowest BCUT2D eigenvalue weighted by Gasteiger charge is -2.28. The van der Waals surface area contributed by atoms with Gasteiger partial charge in [0.15, 0.2) is 6.17 Å². The maximum atomic E-state index is 11.9. The lowest BCUT2D eigenvalue weighted by molar-refractivity contribution is -0.135. The van der Waals surface area contributed by atoms with Crippen molar-refractivity contribution < 1.29 is 14.4 Å². The summed E-state index contributed by atoms with van der Waals surface area (Å²) in [6, 6.07) is 8.20. The molecular formula is C13H12N3O3. The average Bonchev–Trinajstić information content (AvgIpc) is 2.93. The van der Waals surface area contributed by atoms with Crippen LogP contribution in [0.5, 0.6) is 0 Å². The maximum Gasteiger partial charge on any atom is 0.353 e. The van der Waals surface area contributed by atoms with E-state index in [4.69, 9.17) is 0 Å². The van der Waals surface area contributed by atoms with Gasteiger partial charge < -0.3 is 4.90 Å². The van der Waals surface area contributed by atoms with Gasteiger partial charge in [-0.2, -0.15) is 5.32 Å². The topological polar surface area (TPSA) is 71.8 Å². The fourth-order valence-corrected chi connectivity index (χ4v) is 2.46. The van der Waals surface area contributed by atoms with Gasteiger partial charge in [0.1, 0.15) is 0 Å². The molecule has 6 nitrogen and oxygen atoms in total. The molecule has 2 fully saturated rings. The van der Waals surface area contributed by atoms with Crippen LogP contribution in [0.4, 0.5) is 10.5 Å². The molecule has 1 aromatic rings. The minimum Gasteiger partial charge on any atom is -0.313 e. The predicted molar refractivity (Wildman–Crippen MR) is 66.2 cm³/mol. The first-order valence-corrected chi connectivity index (χ1v) is 6.12. The van der Waals surface area contributed by atoms with Gasteiger partial charge in [-0.25, -0.2) is 4.79 Å². The lowest BCUT2D eigenvalue weighted by Crippen LogP contribution is -2.49. The zero-order valence-electron chi connectivity index (χ0n) is 10.2. The molecule has 2 aliphatic rings. The van der Waals surface area contributed by atoms with Gasteiger partial charge in [-0.3, -0.25) is 14.5 Å². The van der Waals surface area contributed by atoms with Crippen LogP contribution in [0.15, 0.2) is 30.3 Å². The molecule has 4 amide bonds. The second kappa shape index (κ2) is 4.38. The number of urea groups is 1. The van der Waals surface area contributed by atoms with Crippen LogP contribution in [-0.4, -0.2) is 35.5 Å². The van der Waals surface area contributed by atoms with E-state index in [-0.39, 0.29) is 5.91 Å². The van der Waals surface area contributed by atoms with Crippen LogP contribution in [0.1, 0.15) is 12.8 Å². The van der Waals surface area contributed by atoms with Crippen LogP contribution in [0, 0.1) is 0 Å². The van der Waals surface area contributed by atoms with Crippen LogP contribution in [0.3, 0.4) is 0 Å². The Morgan fingerprint density at radius 2 is 1.84 bits per heavy atom. The first kappa shape index (κ1) is 11.7. The maximum absolute atomic E-state index is 11.9. The van der Waals surface area contributed by atoms with Crippen molar-refractivity contribution in [1.82, 2.24) is 10.2 Å². The number of hydrogen-bond acceptors (Lipinski definition) is 3. The van der Waals surface area contributed by atoms with Crippen molar-refractivity contribution in [3.63, 3.8) is 0 Å². The molecule has 1 unspecified atom stereocenters. The molecule has 0 bridgehead atoms. The number of benzene rings is 1. The molecule has 2 aliphatic heterocycles. The number of likely N-dealkylation sites (tertiary alicyclic amines) is 1. The molecule has 0 spiro atoms. The van der Waals surface area contributed by atoms with Gasteiger partial charge in [0.25, 0.3) is 5.91 Å². The zero-order valence-corrected chi connectivity index (χ0v) is 10.2. The van der Waals surface area contributed by atoms with Crippen LogP contribution < -0.4 is 10.2 Å². The second-order valence-corrected chi connectivity index (χ2v) is 4.50. The molecule has 3 rings (SSSR count). The van der Waals surface area contributed by atoms with Crippen LogP contribution in [0.25, 0.3) is 0 Å². The first-order valence-electron chi connectivity index (χ1n) is 6.12. The number of rotatable bonds is 2. The largest absolute Gasteiger partial charge is 0.353 e. The van der Waals surface area contributed by atoms with Gasteiger partial charge in [0, 0.05) is 18.7 Å². The Bertz CT molecular complexity index is 543. The average molecular weight is 258 g/mol. The Hall–Kier alpha value is -2.37. The molecule has 0 aromatic heterocycles. The highest BCUT2D eigenvalue weighted by Gasteiger charge is 2.47. The van der Waals surface area contributed by atoms with Crippen molar-refractivity contribution >= 4 is 23.5 Å². The summed E-state index contributed by atoms with van der Waals surface area (Å²) in [5.74, 6) is -0.673. The van der Waals surface area contributed by atoms with Crippen molar-refractivity contribution in [3.05, 3.63) is 30.3 Å². The quantitative estimate of drug-likeness (QED) is 0.733. The number of amides is 4. The third-order valence-electron chi connectivity index (χ3n) is 3.32.